The van der Waals surface area contributed by atoms with Gasteiger partial charge in [-0.05, 0) is 0 Å². The average Bonchev–Trinajstić information content (AvgIpc) is 3.59. The molecule has 4 aromatic rings. The van der Waals surface area contributed by atoms with Crippen LogP contribution in [0.3, 0.4) is 0 Å². The van der Waals surface area contributed by atoms with E-state index >= 15 is 0 Å². The van der Waals surface area contributed by atoms with Gasteiger partial charge in [-0.3, -0.25) is 0 Å². The molecule has 0 saturated carbocycles. The second-order valence-corrected chi connectivity index (χ2v) is 31.0. The Bertz CT molecular complexity index is 1630. The van der Waals surface area contributed by atoms with Crippen molar-refractivity contribution in [2.75, 3.05) is 0 Å². The first-order chi connectivity index (χ1) is 20.3. The van der Waals surface area contributed by atoms with E-state index in [4.69, 9.17) is 0 Å². The van der Waals surface area contributed by atoms with Crippen molar-refractivity contribution in [3.8, 4) is 22.3 Å². The number of allylic oxidation sites excluding steroid dienone is 2. The molecule has 4 aromatic carbocycles. The normalized spacial score (nSPS) is 20.7. The topological polar surface area (TPSA) is 0 Å². The van der Waals surface area contributed by atoms with Crippen molar-refractivity contribution in [2.45, 2.75) is 70.1 Å². The van der Waals surface area contributed by atoms with Gasteiger partial charge in [-0.1, -0.05) is 0 Å². The van der Waals surface area contributed by atoms with Gasteiger partial charge in [0.1, 0.15) is 0 Å². The van der Waals surface area contributed by atoms with Gasteiger partial charge < -0.3 is 0 Å². The van der Waals surface area contributed by atoms with Crippen LogP contribution in [0.4, 0.5) is 0 Å². The van der Waals surface area contributed by atoms with E-state index in [1.54, 1.807) is 22.3 Å². The fourth-order valence-electron chi connectivity index (χ4n) is 9.35. The molecule has 1 saturated heterocycles. The Kier molecular flexibility index (Phi) is 6.97. The maximum atomic E-state index is 2.79. The molecule has 1 aliphatic heterocycles. The maximum absolute atomic E-state index is 3.09. The standard InChI is InChI=1S/C39H38.2CH3.Hf/c1-5-21-39(22-6-2,31-23-29-15-11-19-35(37(29)25-31)33-17-9-7-13-27(33)3)32-24-30-16-12-20-36(38(30)26-32)34-18-10-8-14-28(34)4;;;/h7-20,23-26H,5-6,21-22H2,1-4H3;2*1H3;. The van der Waals surface area contributed by atoms with Crippen molar-refractivity contribution in [1.29, 1.82) is 0 Å². The van der Waals surface area contributed by atoms with Crippen LogP contribution in [0.1, 0.15) is 80.3 Å². The molecule has 212 valence electrons. The molecule has 0 amide bonds. The summed E-state index contributed by atoms with van der Waals surface area (Å²) in [6, 6.07) is 32.4. The van der Waals surface area contributed by atoms with Crippen LogP contribution in [0.2, 0.25) is 9.36 Å². The summed E-state index contributed by atoms with van der Waals surface area (Å²) in [5.41, 5.74) is 18.4. The van der Waals surface area contributed by atoms with Crippen molar-refractivity contribution in [1.82, 2.24) is 0 Å². The molecule has 0 radical (unpaired) electrons. The molecule has 2 aliphatic carbocycles. The monoisotopic (exact) mass is 716 g/mol. The van der Waals surface area contributed by atoms with E-state index in [2.05, 4.69) is 134 Å². The molecule has 0 N–H and O–H groups in total. The van der Waals surface area contributed by atoms with Crippen molar-refractivity contribution in [3.05, 3.63) is 129 Å². The van der Waals surface area contributed by atoms with Gasteiger partial charge in [0.05, 0.1) is 0 Å². The number of hydrogen-bond acceptors (Lipinski definition) is 0. The van der Waals surface area contributed by atoms with Crippen LogP contribution in [0, 0.1) is 19.3 Å². The third-order valence-corrected chi connectivity index (χ3v) is 26.1. The molecule has 42 heavy (non-hydrogen) atoms. The summed E-state index contributed by atoms with van der Waals surface area (Å²) < 4.78 is 6.84. The Morgan fingerprint density at radius 3 is 1.36 bits per heavy atom. The predicted molar refractivity (Wildman–Crippen MR) is 179 cm³/mol. The van der Waals surface area contributed by atoms with Gasteiger partial charge in [-0.25, -0.2) is 0 Å². The van der Waals surface area contributed by atoms with Crippen molar-refractivity contribution >= 4 is 12.2 Å². The minimum absolute atomic E-state index is 0.137. The molecule has 1 fully saturated rings. The molecule has 7 rings (SSSR count). The number of benzene rings is 4. The molecule has 0 aromatic heterocycles. The quantitative estimate of drug-likeness (QED) is 0.174. The summed E-state index contributed by atoms with van der Waals surface area (Å²) in [4.78, 5) is 0. The van der Waals surface area contributed by atoms with Crippen LogP contribution < -0.4 is 0 Å². The Morgan fingerprint density at radius 1 is 0.548 bits per heavy atom. The minimum atomic E-state index is -3.09. The van der Waals surface area contributed by atoms with Crippen LogP contribution in [-0.4, -0.2) is 0 Å². The van der Waals surface area contributed by atoms with E-state index in [9.17, 15) is 0 Å². The predicted octanol–water partition coefficient (Wildman–Crippen LogP) is 12.1. The number of hydrogen-bond donors (Lipinski definition) is 0. The first kappa shape index (κ1) is 28.0. The first-order valence-corrected chi connectivity index (χ1v) is 27.5. The van der Waals surface area contributed by atoms with Gasteiger partial charge in [0.15, 0.2) is 0 Å². The number of aryl methyl sites for hydroxylation is 2. The molecule has 2 atom stereocenters. The zero-order valence-electron chi connectivity index (χ0n) is 26.2. The third kappa shape index (κ3) is 3.95. The van der Waals surface area contributed by atoms with Gasteiger partial charge in [0, 0.05) is 0 Å². The molecule has 2 unspecified atom stereocenters. The molecule has 0 bridgehead atoms. The van der Waals surface area contributed by atoms with Gasteiger partial charge in [0.2, 0.25) is 0 Å². The van der Waals surface area contributed by atoms with E-state index < -0.39 is 20.0 Å². The summed E-state index contributed by atoms with van der Waals surface area (Å²) in [5.74, 6) is 0. The molecular weight excluding hydrogens is 671 g/mol. The van der Waals surface area contributed by atoms with Crippen LogP contribution in [0.25, 0.3) is 34.4 Å². The SMILES string of the molecule is CCCC1(CCC)C2=Cc3c(-c4ccccc4C)cccc3[CH]2[Hf]([CH3])([CH3])[CH]2C1=Cc1c(-c3ccccc3C)cccc12. The Balaban J connectivity index is 1.50. The van der Waals surface area contributed by atoms with Gasteiger partial charge in [0.25, 0.3) is 0 Å². The van der Waals surface area contributed by atoms with Crippen LogP contribution in [0.15, 0.2) is 96.1 Å². The Morgan fingerprint density at radius 2 is 0.952 bits per heavy atom. The van der Waals surface area contributed by atoms with Crippen molar-refractivity contribution in [3.63, 3.8) is 0 Å². The average molecular weight is 715 g/mol. The van der Waals surface area contributed by atoms with E-state index in [0.29, 0.717) is 7.35 Å². The summed E-state index contributed by atoms with van der Waals surface area (Å²) in [6.07, 6.45) is 10.4. The fraction of sp³-hybridized carbons (Fsp3) is 0.317. The Labute approximate surface area is 257 Å². The number of rotatable bonds is 6. The second-order valence-electron chi connectivity index (χ2n) is 13.7. The zero-order valence-corrected chi connectivity index (χ0v) is 29.8. The molecule has 1 heterocycles. The molecular formula is C41H44Hf. The summed E-state index contributed by atoms with van der Waals surface area (Å²) in [6.45, 7) is 9.36. The third-order valence-electron chi connectivity index (χ3n) is 10.9. The van der Waals surface area contributed by atoms with Crippen molar-refractivity contribution in [2.24, 2.45) is 5.41 Å². The van der Waals surface area contributed by atoms with E-state index in [1.165, 1.54) is 70.2 Å². The fourth-order valence-corrected chi connectivity index (χ4v) is 26.5. The Hall–Kier alpha value is -2.77. The van der Waals surface area contributed by atoms with E-state index in [-0.39, 0.29) is 5.41 Å². The van der Waals surface area contributed by atoms with Crippen LogP contribution in [0.5, 0.6) is 0 Å². The number of fused-ring (bicyclic) bond motifs is 6. The molecule has 0 spiro atoms. The molecule has 3 aliphatic rings. The summed E-state index contributed by atoms with van der Waals surface area (Å²) in [5, 5.41) is 0. The molecule has 0 nitrogen and oxygen atoms in total. The van der Waals surface area contributed by atoms with E-state index in [1.807, 2.05) is 0 Å². The summed E-state index contributed by atoms with van der Waals surface area (Å²) >= 11 is -3.09. The molecule has 1 heteroatoms. The zero-order chi connectivity index (χ0) is 29.2. The van der Waals surface area contributed by atoms with Crippen molar-refractivity contribution < 1.29 is 20.0 Å². The summed E-state index contributed by atoms with van der Waals surface area (Å²) in [7, 11) is 0. The van der Waals surface area contributed by atoms with Gasteiger partial charge in [-0.15, -0.1) is 0 Å². The van der Waals surface area contributed by atoms with Gasteiger partial charge in [-0.2, -0.15) is 0 Å². The van der Waals surface area contributed by atoms with E-state index in [0.717, 1.165) is 0 Å². The van der Waals surface area contributed by atoms with Gasteiger partial charge >= 0.3 is 259 Å². The first-order valence-electron chi connectivity index (χ1n) is 16.2. The van der Waals surface area contributed by atoms with Crippen LogP contribution >= 0.6 is 0 Å². The second kappa shape index (κ2) is 10.4. The van der Waals surface area contributed by atoms with Crippen LogP contribution in [-0.2, 0) is 20.0 Å².